The third-order valence-electron chi connectivity index (χ3n) is 4.36. The zero-order valence-corrected chi connectivity index (χ0v) is 15.5. The summed E-state index contributed by atoms with van der Waals surface area (Å²) in [7, 11) is -7.31. The highest BCUT2D eigenvalue weighted by atomic mass is 32.2. The lowest BCUT2D eigenvalue weighted by Crippen LogP contribution is -2.37. The van der Waals surface area contributed by atoms with Gasteiger partial charge in [-0.15, -0.1) is 0 Å². The molecule has 0 bridgehead atoms. The molecule has 26 heavy (non-hydrogen) atoms. The number of hydrogen-bond acceptors (Lipinski definition) is 8. The normalized spacial score (nSPS) is 23.1. The SMILES string of the molecule is O=[N+]([O-])c1cc(S(=O)(=O)N[C@@H]2CCS(=O)(=O)C2)ccc1N1CCOCC1. The maximum Gasteiger partial charge on any atom is 0.293 e. The molecule has 0 saturated carbocycles. The van der Waals surface area contributed by atoms with Crippen LogP contribution in [-0.4, -0.2) is 65.6 Å². The molecule has 0 radical (unpaired) electrons. The van der Waals surface area contributed by atoms with Gasteiger partial charge in [-0.1, -0.05) is 0 Å². The van der Waals surface area contributed by atoms with Gasteiger partial charge in [0.05, 0.1) is 34.5 Å². The fourth-order valence-corrected chi connectivity index (χ4v) is 6.13. The lowest BCUT2D eigenvalue weighted by Gasteiger charge is -2.28. The molecule has 2 aliphatic rings. The molecule has 2 heterocycles. The molecule has 2 aliphatic heterocycles. The van der Waals surface area contributed by atoms with E-state index in [1.807, 2.05) is 0 Å². The van der Waals surface area contributed by atoms with Gasteiger partial charge < -0.3 is 9.64 Å². The predicted octanol–water partition coefficient (Wildman–Crippen LogP) is -0.103. The monoisotopic (exact) mass is 405 g/mol. The lowest BCUT2D eigenvalue weighted by molar-refractivity contribution is -0.384. The van der Waals surface area contributed by atoms with Crippen molar-refractivity contribution in [2.24, 2.45) is 0 Å². The van der Waals surface area contributed by atoms with Crippen molar-refractivity contribution in [3.63, 3.8) is 0 Å². The van der Waals surface area contributed by atoms with Crippen LogP contribution in [0.3, 0.4) is 0 Å². The summed E-state index contributed by atoms with van der Waals surface area (Å²) in [4.78, 5) is 12.3. The molecule has 1 N–H and O–H groups in total. The van der Waals surface area contributed by atoms with E-state index in [9.17, 15) is 26.9 Å². The van der Waals surface area contributed by atoms with Gasteiger partial charge in [0.15, 0.2) is 9.84 Å². The summed E-state index contributed by atoms with van der Waals surface area (Å²) in [5.74, 6) is -0.337. The summed E-state index contributed by atoms with van der Waals surface area (Å²) >= 11 is 0. The number of anilines is 1. The van der Waals surface area contributed by atoms with Crippen molar-refractivity contribution in [1.82, 2.24) is 4.72 Å². The second-order valence-corrected chi connectivity index (χ2v) is 10.2. The standard InChI is InChI=1S/C14H19N3O7S2/c18-17(19)14-9-12(1-2-13(14)16-4-6-24-7-5-16)26(22,23)15-11-3-8-25(20,21)10-11/h1-2,9,11,15H,3-8,10H2/t11-/m1/s1. The highest BCUT2D eigenvalue weighted by Gasteiger charge is 2.32. The molecule has 3 rings (SSSR count). The van der Waals surface area contributed by atoms with Crippen LogP contribution in [0.4, 0.5) is 11.4 Å². The van der Waals surface area contributed by atoms with Crippen LogP contribution in [0, 0.1) is 10.1 Å². The average Bonchev–Trinajstić information content (AvgIpc) is 2.93. The van der Waals surface area contributed by atoms with E-state index < -0.39 is 30.8 Å². The topological polar surface area (TPSA) is 136 Å². The first-order chi connectivity index (χ1) is 12.2. The fraction of sp³-hybridized carbons (Fsp3) is 0.571. The first kappa shape index (κ1) is 19.0. The van der Waals surface area contributed by atoms with Crippen LogP contribution in [0.5, 0.6) is 0 Å². The third kappa shape index (κ3) is 4.14. The van der Waals surface area contributed by atoms with E-state index in [0.29, 0.717) is 32.0 Å². The first-order valence-corrected chi connectivity index (χ1v) is 11.3. The van der Waals surface area contributed by atoms with Crippen LogP contribution in [0.1, 0.15) is 6.42 Å². The van der Waals surface area contributed by atoms with Crippen LogP contribution in [0.2, 0.25) is 0 Å². The number of sulfone groups is 1. The van der Waals surface area contributed by atoms with Gasteiger partial charge in [-0.05, 0) is 18.6 Å². The summed E-state index contributed by atoms with van der Waals surface area (Å²) in [6.45, 7) is 1.83. The van der Waals surface area contributed by atoms with E-state index in [4.69, 9.17) is 4.74 Å². The highest BCUT2D eigenvalue weighted by Crippen LogP contribution is 2.31. The van der Waals surface area contributed by atoms with E-state index in [-0.39, 0.29) is 28.5 Å². The molecule has 0 unspecified atom stereocenters. The summed E-state index contributed by atoms with van der Waals surface area (Å²) < 4.78 is 55.5. The quantitative estimate of drug-likeness (QED) is 0.530. The average molecular weight is 405 g/mol. The number of ether oxygens (including phenoxy) is 1. The largest absolute Gasteiger partial charge is 0.378 e. The summed E-state index contributed by atoms with van der Waals surface area (Å²) in [5, 5.41) is 11.4. The molecule has 0 amide bonds. The van der Waals surface area contributed by atoms with Crippen molar-refractivity contribution >= 4 is 31.2 Å². The second-order valence-electron chi connectivity index (χ2n) is 6.23. The van der Waals surface area contributed by atoms with Gasteiger partial charge in [0.25, 0.3) is 5.69 Å². The molecule has 0 aliphatic carbocycles. The number of hydrogen-bond donors (Lipinski definition) is 1. The Morgan fingerprint density at radius 1 is 1.27 bits per heavy atom. The Balaban J connectivity index is 1.87. The van der Waals surface area contributed by atoms with Gasteiger partial charge in [0.1, 0.15) is 5.69 Å². The third-order valence-corrected chi connectivity index (χ3v) is 7.65. The number of nitrogens with zero attached hydrogens (tertiary/aromatic N) is 2. The zero-order chi connectivity index (χ0) is 18.9. The summed E-state index contributed by atoms with van der Waals surface area (Å²) in [6, 6.07) is 2.99. The molecule has 10 nitrogen and oxygen atoms in total. The summed E-state index contributed by atoms with van der Waals surface area (Å²) in [6.07, 6.45) is 0.190. The highest BCUT2D eigenvalue weighted by molar-refractivity contribution is 7.92. The van der Waals surface area contributed by atoms with Crippen LogP contribution >= 0.6 is 0 Å². The van der Waals surface area contributed by atoms with Crippen LogP contribution < -0.4 is 9.62 Å². The smallest absolute Gasteiger partial charge is 0.293 e. The van der Waals surface area contributed by atoms with Gasteiger partial charge >= 0.3 is 0 Å². The van der Waals surface area contributed by atoms with E-state index in [2.05, 4.69) is 4.72 Å². The van der Waals surface area contributed by atoms with Crippen LogP contribution in [0.15, 0.2) is 23.1 Å². The number of nitro groups is 1. The van der Waals surface area contributed by atoms with Gasteiger partial charge in [-0.25, -0.2) is 21.6 Å². The van der Waals surface area contributed by atoms with Crippen molar-refractivity contribution in [3.8, 4) is 0 Å². The molecule has 12 heteroatoms. The van der Waals surface area contributed by atoms with Crippen molar-refractivity contribution in [3.05, 3.63) is 28.3 Å². The molecular formula is C14H19N3O7S2. The fourth-order valence-electron chi connectivity index (χ4n) is 3.06. The Morgan fingerprint density at radius 2 is 1.96 bits per heavy atom. The van der Waals surface area contributed by atoms with Crippen LogP contribution in [0.25, 0.3) is 0 Å². The molecule has 0 aromatic heterocycles. The Hall–Kier alpha value is -1.76. The van der Waals surface area contributed by atoms with E-state index >= 15 is 0 Å². The van der Waals surface area contributed by atoms with Crippen LogP contribution in [-0.2, 0) is 24.6 Å². The van der Waals surface area contributed by atoms with Gasteiger partial charge in [-0.3, -0.25) is 10.1 Å². The number of benzene rings is 1. The van der Waals surface area contributed by atoms with E-state index in [0.717, 1.165) is 6.07 Å². The van der Waals surface area contributed by atoms with E-state index in [1.54, 1.807) is 4.90 Å². The predicted molar refractivity (Wildman–Crippen MR) is 93.5 cm³/mol. The Kier molecular flexibility index (Phi) is 5.19. The molecule has 1 atom stereocenters. The van der Waals surface area contributed by atoms with Crippen molar-refractivity contribution in [2.45, 2.75) is 17.4 Å². The minimum absolute atomic E-state index is 0.0731. The van der Waals surface area contributed by atoms with Crippen molar-refractivity contribution < 1.29 is 26.5 Å². The Labute approximate surface area is 151 Å². The molecule has 1 aromatic rings. The Bertz CT molecular complexity index is 908. The maximum atomic E-state index is 12.5. The summed E-state index contributed by atoms with van der Waals surface area (Å²) in [5.41, 5.74) is 0.0227. The molecule has 2 fully saturated rings. The lowest BCUT2D eigenvalue weighted by atomic mass is 10.2. The molecule has 144 valence electrons. The minimum Gasteiger partial charge on any atom is -0.378 e. The minimum atomic E-state index is -4.06. The second kappa shape index (κ2) is 7.10. The number of morpholine rings is 1. The van der Waals surface area contributed by atoms with Crippen molar-refractivity contribution in [2.75, 3.05) is 42.7 Å². The van der Waals surface area contributed by atoms with Gasteiger partial charge in [-0.2, -0.15) is 0 Å². The number of rotatable bonds is 5. The van der Waals surface area contributed by atoms with Gasteiger partial charge in [0.2, 0.25) is 10.0 Å². The molecule has 0 spiro atoms. The molecule has 2 saturated heterocycles. The molecule has 1 aromatic carbocycles. The number of sulfonamides is 1. The zero-order valence-electron chi connectivity index (χ0n) is 13.8. The van der Waals surface area contributed by atoms with Gasteiger partial charge in [0, 0.05) is 25.2 Å². The number of nitrogens with one attached hydrogen (secondary N) is 1. The molecular weight excluding hydrogens is 386 g/mol. The number of nitro benzene ring substituents is 1. The van der Waals surface area contributed by atoms with E-state index in [1.165, 1.54) is 12.1 Å². The Morgan fingerprint density at radius 3 is 2.54 bits per heavy atom. The first-order valence-electron chi connectivity index (χ1n) is 8.02. The maximum absolute atomic E-state index is 12.5. The van der Waals surface area contributed by atoms with Crippen molar-refractivity contribution in [1.29, 1.82) is 0 Å².